The zero-order valence-corrected chi connectivity index (χ0v) is 11.3. The fourth-order valence-corrected chi connectivity index (χ4v) is 1.70. The van der Waals surface area contributed by atoms with Crippen LogP contribution in [-0.2, 0) is 0 Å². The molecule has 0 aliphatic rings. The van der Waals surface area contributed by atoms with Gasteiger partial charge in [-0.25, -0.2) is 8.78 Å². The maximum atomic E-state index is 13.4. The largest absolute Gasteiger partial charge is 0.497 e. The fraction of sp³-hybridized carbons (Fsp3) is 0.133. The Bertz CT molecular complexity index is 690. The summed E-state index contributed by atoms with van der Waals surface area (Å²) in [5.41, 5.74) is 0.164. The summed E-state index contributed by atoms with van der Waals surface area (Å²) in [5, 5.41) is 0. The number of hydrogen-bond donors (Lipinski definition) is 0. The first-order chi connectivity index (χ1) is 10.4. The van der Waals surface area contributed by atoms with Gasteiger partial charge in [0.05, 0.1) is 7.11 Å². The third-order valence-corrected chi connectivity index (χ3v) is 2.81. The standard InChI is InChI=1S/C15H10F4O3/c1-21-9-4-2-3-8(5-9)12(20)7-22-15-13(18)10(16)6-11(17)14(15)19/h2-6H,7H2,1H3. The maximum absolute atomic E-state index is 13.4. The first-order valence-electron chi connectivity index (χ1n) is 6.07. The van der Waals surface area contributed by atoms with Crippen molar-refractivity contribution >= 4 is 5.78 Å². The Morgan fingerprint density at radius 3 is 2.27 bits per heavy atom. The first-order valence-corrected chi connectivity index (χ1v) is 6.07. The molecule has 2 rings (SSSR count). The number of ether oxygens (including phenoxy) is 2. The van der Waals surface area contributed by atoms with Gasteiger partial charge in [-0.15, -0.1) is 0 Å². The van der Waals surface area contributed by atoms with Crippen molar-refractivity contribution in [3.8, 4) is 11.5 Å². The Hall–Kier alpha value is -2.57. The minimum absolute atomic E-state index is 0.0570. The molecule has 3 nitrogen and oxygen atoms in total. The van der Waals surface area contributed by atoms with Gasteiger partial charge in [-0.2, -0.15) is 8.78 Å². The molecule has 0 radical (unpaired) electrons. The lowest BCUT2D eigenvalue weighted by atomic mass is 10.1. The highest BCUT2D eigenvalue weighted by atomic mass is 19.2. The van der Waals surface area contributed by atoms with Crippen molar-refractivity contribution in [3.05, 3.63) is 59.2 Å². The third-order valence-electron chi connectivity index (χ3n) is 2.81. The van der Waals surface area contributed by atoms with Crippen LogP contribution in [0.15, 0.2) is 30.3 Å². The molecule has 0 aromatic heterocycles. The minimum atomic E-state index is -1.70. The highest BCUT2D eigenvalue weighted by Crippen LogP contribution is 2.26. The van der Waals surface area contributed by atoms with Crippen LogP contribution < -0.4 is 9.47 Å². The molecule has 0 N–H and O–H groups in total. The average Bonchev–Trinajstić information content (AvgIpc) is 2.52. The molecule has 2 aromatic rings. The van der Waals surface area contributed by atoms with Crippen LogP contribution in [0.4, 0.5) is 17.6 Å². The predicted molar refractivity (Wildman–Crippen MR) is 69.1 cm³/mol. The summed E-state index contributed by atoms with van der Waals surface area (Å²) in [5.74, 6) is -8.11. The summed E-state index contributed by atoms with van der Waals surface area (Å²) in [6.07, 6.45) is 0. The second-order valence-corrected chi connectivity index (χ2v) is 4.24. The fourth-order valence-electron chi connectivity index (χ4n) is 1.70. The van der Waals surface area contributed by atoms with Gasteiger partial charge in [0.25, 0.3) is 0 Å². The number of hydrogen-bond acceptors (Lipinski definition) is 3. The molecule has 2 aromatic carbocycles. The predicted octanol–water partition coefficient (Wildman–Crippen LogP) is 3.51. The highest BCUT2D eigenvalue weighted by molar-refractivity contribution is 5.97. The van der Waals surface area contributed by atoms with E-state index in [1.54, 1.807) is 6.07 Å². The van der Waals surface area contributed by atoms with E-state index in [2.05, 4.69) is 4.74 Å². The number of halogens is 4. The van der Waals surface area contributed by atoms with E-state index in [0.29, 0.717) is 5.75 Å². The van der Waals surface area contributed by atoms with Crippen LogP contribution in [-0.4, -0.2) is 19.5 Å². The molecule has 0 amide bonds. The molecule has 0 fully saturated rings. The van der Waals surface area contributed by atoms with E-state index in [9.17, 15) is 22.4 Å². The quantitative estimate of drug-likeness (QED) is 0.481. The normalized spacial score (nSPS) is 10.4. The Morgan fingerprint density at radius 2 is 1.68 bits per heavy atom. The van der Waals surface area contributed by atoms with Crippen LogP contribution >= 0.6 is 0 Å². The lowest BCUT2D eigenvalue weighted by Crippen LogP contribution is -2.14. The summed E-state index contributed by atoms with van der Waals surface area (Å²) in [7, 11) is 1.40. The van der Waals surface area contributed by atoms with Crippen molar-refractivity contribution in [1.29, 1.82) is 0 Å². The highest BCUT2D eigenvalue weighted by Gasteiger charge is 2.21. The Kier molecular flexibility index (Phi) is 4.65. The molecule has 0 aliphatic heterocycles. The van der Waals surface area contributed by atoms with Gasteiger partial charge in [-0.3, -0.25) is 4.79 Å². The van der Waals surface area contributed by atoms with Crippen molar-refractivity contribution in [2.45, 2.75) is 0 Å². The summed E-state index contributed by atoms with van der Waals surface area (Å²) in [4.78, 5) is 11.9. The summed E-state index contributed by atoms with van der Waals surface area (Å²) in [6.45, 7) is -0.788. The summed E-state index contributed by atoms with van der Waals surface area (Å²) < 4.78 is 62.3. The van der Waals surface area contributed by atoms with Crippen LogP contribution in [0.1, 0.15) is 10.4 Å². The van der Waals surface area contributed by atoms with Crippen molar-refractivity contribution in [2.75, 3.05) is 13.7 Å². The van der Waals surface area contributed by atoms with Gasteiger partial charge in [-0.1, -0.05) is 12.1 Å². The van der Waals surface area contributed by atoms with Gasteiger partial charge < -0.3 is 9.47 Å². The molecule has 0 atom stereocenters. The van der Waals surface area contributed by atoms with E-state index in [4.69, 9.17) is 4.74 Å². The van der Waals surface area contributed by atoms with E-state index in [1.807, 2.05) is 0 Å². The lowest BCUT2D eigenvalue weighted by molar-refractivity contribution is 0.0913. The molecule has 0 heterocycles. The number of ketones is 1. The molecule has 0 bridgehead atoms. The van der Waals surface area contributed by atoms with Crippen molar-refractivity contribution in [2.24, 2.45) is 0 Å². The van der Waals surface area contributed by atoms with Gasteiger partial charge in [0.15, 0.2) is 29.8 Å². The zero-order valence-electron chi connectivity index (χ0n) is 11.3. The summed E-state index contributed by atoms with van der Waals surface area (Å²) >= 11 is 0. The molecule has 0 saturated heterocycles. The molecule has 7 heteroatoms. The van der Waals surface area contributed by atoms with Crippen molar-refractivity contribution < 1.29 is 31.8 Å². The second kappa shape index (κ2) is 6.46. The van der Waals surface area contributed by atoms with Crippen LogP contribution in [0.5, 0.6) is 11.5 Å². The molecular weight excluding hydrogens is 304 g/mol. The van der Waals surface area contributed by atoms with Crippen LogP contribution in [0, 0.1) is 23.3 Å². The van der Waals surface area contributed by atoms with Gasteiger partial charge in [0, 0.05) is 11.6 Å². The molecule has 116 valence electrons. The Balaban J connectivity index is 2.18. The van der Waals surface area contributed by atoms with Crippen molar-refractivity contribution in [3.63, 3.8) is 0 Å². The minimum Gasteiger partial charge on any atom is -0.497 e. The summed E-state index contributed by atoms with van der Waals surface area (Å²) in [6, 6.07) is 6.02. The Labute approximate surface area is 123 Å². The van der Waals surface area contributed by atoms with E-state index >= 15 is 0 Å². The lowest BCUT2D eigenvalue weighted by Gasteiger charge is -2.09. The van der Waals surface area contributed by atoms with Gasteiger partial charge in [-0.05, 0) is 12.1 Å². The monoisotopic (exact) mass is 314 g/mol. The van der Waals surface area contributed by atoms with Gasteiger partial charge in [0.1, 0.15) is 5.75 Å². The topological polar surface area (TPSA) is 35.5 Å². The van der Waals surface area contributed by atoms with E-state index in [1.165, 1.54) is 25.3 Å². The number of carbonyl (C=O) groups excluding carboxylic acids is 1. The number of Topliss-reactive ketones (excluding diaryl/α,β-unsaturated/α-hetero) is 1. The Morgan fingerprint density at radius 1 is 1.05 bits per heavy atom. The molecule has 0 spiro atoms. The second-order valence-electron chi connectivity index (χ2n) is 4.24. The molecule has 0 aliphatic carbocycles. The van der Waals surface area contributed by atoms with Gasteiger partial charge in [0.2, 0.25) is 11.6 Å². The molecular formula is C15H10F4O3. The molecule has 22 heavy (non-hydrogen) atoms. The average molecular weight is 314 g/mol. The van der Waals surface area contributed by atoms with Crippen LogP contribution in [0.2, 0.25) is 0 Å². The number of carbonyl (C=O) groups is 1. The SMILES string of the molecule is COc1cccc(C(=O)COc2c(F)c(F)cc(F)c2F)c1. The van der Waals surface area contributed by atoms with E-state index < -0.39 is 41.4 Å². The zero-order chi connectivity index (χ0) is 16.3. The number of rotatable bonds is 5. The first kappa shape index (κ1) is 15.8. The van der Waals surface area contributed by atoms with Crippen LogP contribution in [0.25, 0.3) is 0 Å². The van der Waals surface area contributed by atoms with Crippen molar-refractivity contribution in [1.82, 2.24) is 0 Å². The number of methoxy groups -OCH3 is 1. The van der Waals surface area contributed by atoms with Gasteiger partial charge >= 0.3 is 0 Å². The number of benzene rings is 2. The third kappa shape index (κ3) is 3.19. The molecule has 0 unspecified atom stereocenters. The van der Waals surface area contributed by atoms with Crippen LogP contribution in [0.3, 0.4) is 0 Å². The van der Waals surface area contributed by atoms with E-state index in [-0.39, 0.29) is 11.6 Å². The maximum Gasteiger partial charge on any atom is 0.203 e. The molecule has 0 saturated carbocycles. The smallest absolute Gasteiger partial charge is 0.203 e. The van der Waals surface area contributed by atoms with E-state index in [0.717, 1.165) is 0 Å².